The van der Waals surface area contributed by atoms with E-state index in [0.29, 0.717) is 12.1 Å². The van der Waals surface area contributed by atoms with E-state index in [1.165, 1.54) is 38.5 Å². The second-order valence-corrected chi connectivity index (χ2v) is 7.20. The Balaban J connectivity index is 1.74. The maximum absolute atomic E-state index is 10.2. The van der Waals surface area contributed by atoms with Crippen LogP contribution in [0.3, 0.4) is 0 Å². The third kappa shape index (κ3) is 1.71. The minimum Gasteiger partial charge on any atom is -0.386 e. The standard InChI is InChI=1S/C16H24N2O/c17-10-15(19)14-2-1-3-18(14)16-7-11-4-12(8-16)6-13(5-11)9-16/h1-3,11-13,15,19H,4-10,17H2. The molecule has 4 fully saturated rings. The van der Waals surface area contributed by atoms with E-state index in [0.717, 1.165) is 23.4 Å². The number of aliphatic hydroxyl groups excluding tert-OH is 1. The molecule has 0 spiro atoms. The van der Waals surface area contributed by atoms with Crippen molar-refractivity contribution in [1.29, 1.82) is 0 Å². The summed E-state index contributed by atoms with van der Waals surface area (Å²) in [5.41, 5.74) is 6.99. The van der Waals surface area contributed by atoms with Crippen LogP contribution in [0.2, 0.25) is 0 Å². The molecule has 0 amide bonds. The Kier molecular flexibility index (Phi) is 2.58. The van der Waals surface area contributed by atoms with Gasteiger partial charge in [0.05, 0.1) is 0 Å². The van der Waals surface area contributed by atoms with E-state index >= 15 is 0 Å². The van der Waals surface area contributed by atoms with Gasteiger partial charge in [0.1, 0.15) is 6.10 Å². The third-order valence-electron chi connectivity index (χ3n) is 5.86. The zero-order chi connectivity index (χ0) is 13.0. The Morgan fingerprint density at radius 2 is 1.79 bits per heavy atom. The summed E-state index contributed by atoms with van der Waals surface area (Å²) in [7, 11) is 0. The summed E-state index contributed by atoms with van der Waals surface area (Å²) in [5, 5.41) is 10.2. The quantitative estimate of drug-likeness (QED) is 0.877. The molecule has 1 heterocycles. The molecule has 0 aliphatic heterocycles. The topological polar surface area (TPSA) is 51.2 Å². The van der Waals surface area contributed by atoms with Crippen molar-refractivity contribution >= 4 is 0 Å². The molecule has 0 aromatic carbocycles. The Bertz CT molecular complexity index is 444. The highest BCUT2D eigenvalue weighted by Gasteiger charge is 2.52. The lowest BCUT2D eigenvalue weighted by atomic mass is 9.53. The predicted molar refractivity (Wildman–Crippen MR) is 74.6 cm³/mol. The van der Waals surface area contributed by atoms with Crippen LogP contribution in [0.4, 0.5) is 0 Å². The Labute approximate surface area is 114 Å². The van der Waals surface area contributed by atoms with Gasteiger partial charge < -0.3 is 15.4 Å². The number of rotatable bonds is 3. The monoisotopic (exact) mass is 260 g/mol. The van der Waals surface area contributed by atoms with Crippen LogP contribution in [0.1, 0.15) is 50.3 Å². The average molecular weight is 260 g/mol. The maximum atomic E-state index is 10.2. The first-order valence-corrected chi connectivity index (χ1v) is 7.76. The summed E-state index contributed by atoms with van der Waals surface area (Å²) in [4.78, 5) is 0. The second kappa shape index (κ2) is 4.10. The minimum absolute atomic E-state index is 0.295. The summed E-state index contributed by atoms with van der Waals surface area (Å²) in [6, 6.07) is 4.13. The van der Waals surface area contributed by atoms with Crippen LogP contribution < -0.4 is 5.73 Å². The molecule has 5 rings (SSSR count). The zero-order valence-electron chi connectivity index (χ0n) is 11.5. The van der Waals surface area contributed by atoms with E-state index in [-0.39, 0.29) is 0 Å². The summed E-state index contributed by atoms with van der Waals surface area (Å²) < 4.78 is 2.40. The molecular formula is C16H24N2O. The van der Waals surface area contributed by atoms with Crippen LogP contribution in [-0.4, -0.2) is 16.2 Å². The molecular weight excluding hydrogens is 236 g/mol. The molecule has 3 N–H and O–H groups in total. The molecule has 3 nitrogen and oxygen atoms in total. The van der Waals surface area contributed by atoms with Gasteiger partial charge in [0.15, 0.2) is 0 Å². The van der Waals surface area contributed by atoms with Crippen molar-refractivity contribution in [3.05, 3.63) is 24.0 Å². The lowest BCUT2D eigenvalue weighted by Gasteiger charge is -2.57. The van der Waals surface area contributed by atoms with Crippen molar-refractivity contribution in [1.82, 2.24) is 4.57 Å². The molecule has 1 atom stereocenters. The molecule has 4 aliphatic carbocycles. The molecule has 3 heteroatoms. The molecule has 4 saturated carbocycles. The van der Waals surface area contributed by atoms with Gasteiger partial charge in [-0.15, -0.1) is 0 Å². The van der Waals surface area contributed by atoms with E-state index in [4.69, 9.17) is 5.73 Å². The van der Waals surface area contributed by atoms with Crippen LogP contribution >= 0.6 is 0 Å². The Hall–Kier alpha value is -0.800. The first-order valence-electron chi connectivity index (χ1n) is 7.76. The largest absolute Gasteiger partial charge is 0.386 e. The van der Waals surface area contributed by atoms with Crippen molar-refractivity contribution in [2.75, 3.05) is 6.54 Å². The maximum Gasteiger partial charge on any atom is 0.106 e. The molecule has 1 unspecified atom stereocenters. The highest BCUT2D eigenvalue weighted by molar-refractivity contribution is 5.17. The highest BCUT2D eigenvalue weighted by atomic mass is 16.3. The lowest BCUT2D eigenvalue weighted by molar-refractivity contribution is -0.0465. The van der Waals surface area contributed by atoms with Gasteiger partial charge in [0, 0.05) is 24.0 Å². The van der Waals surface area contributed by atoms with Gasteiger partial charge in [0.25, 0.3) is 0 Å². The normalized spacial score (nSPS) is 41.7. The molecule has 1 aromatic rings. The van der Waals surface area contributed by atoms with Crippen molar-refractivity contribution in [3.8, 4) is 0 Å². The van der Waals surface area contributed by atoms with E-state index in [1.807, 2.05) is 0 Å². The van der Waals surface area contributed by atoms with Crippen molar-refractivity contribution in [2.45, 2.75) is 50.2 Å². The summed E-state index contributed by atoms with van der Waals surface area (Å²) >= 11 is 0. The van der Waals surface area contributed by atoms with Crippen molar-refractivity contribution < 1.29 is 5.11 Å². The van der Waals surface area contributed by atoms with Crippen LogP contribution in [0.25, 0.3) is 0 Å². The number of aliphatic hydroxyl groups is 1. The fraction of sp³-hybridized carbons (Fsp3) is 0.750. The van der Waals surface area contributed by atoms with Crippen LogP contribution in [-0.2, 0) is 5.54 Å². The van der Waals surface area contributed by atoms with Gasteiger partial charge in [-0.3, -0.25) is 0 Å². The van der Waals surface area contributed by atoms with E-state index in [9.17, 15) is 5.11 Å². The van der Waals surface area contributed by atoms with Gasteiger partial charge in [-0.2, -0.15) is 0 Å². The smallest absolute Gasteiger partial charge is 0.106 e. The Morgan fingerprint density at radius 1 is 1.21 bits per heavy atom. The summed E-state index contributed by atoms with van der Waals surface area (Å²) in [6.45, 7) is 0.316. The molecule has 19 heavy (non-hydrogen) atoms. The number of hydrogen-bond donors (Lipinski definition) is 2. The Morgan fingerprint density at radius 3 is 2.32 bits per heavy atom. The summed E-state index contributed by atoms with van der Waals surface area (Å²) in [6.07, 6.45) is 9.98. The van der Waals surface area contributed by atoms with E-state index in [2.05, 4.69) is 22.9 Å². The van der Waals surface area contributed by atoms with Gasteiger partial charge in [-0.1, -0.05) is 0 Å². The molecule has 4 aliphatic rings. The number of aromatic nitrogens is 1. The van der Waals surface area contributed by atoms with Crippen LogP contribution in [0.5, 0.6) is 0 Å². The number of hydrogen-bond acceptors (Lipinski definition) is 2. The van der Waals surface area contributed by atoms with E-state index in [1.54, 1.807) is 0 Å². The highest BCUT2D eigenvalue weighted by Crippen LogP contribution is 2.59. The van der Waals surface area contributed by atoms with Gasteiger partial charge in [-0.25, -0.2) is 0 Å². The summed E-state index contributed by atoms with van der Waals surface area (Å²) in [5.74, 6) is 2.78. The van der Waals surface area contributed by atoms with Gasteiger partial charge in [-0.05, 0) is 68.4 Å². The first kappa shape index (κ1) is 12.0. The fourth-order valence-corrected chi connectivity index (χ4v) is 5.58. The molecule has 0 saturated heterocycles. The van der Waals surface area contributed by atoms with Crippen molar-refractivity contribution in [2.24, 2.45) is 23.5 Å². The van der Waals surface area contributed by atoms with Crippen LogP contribution in [0, 0.1) is 17.8 Å². The number of nitrogens with two attached hydrogens (primary N) is 1. The zero-order valence-corrected chi connectivity index (χ0v) is 11.5. The second-order valence-electron chi connectivity index (χ2n) is 7.20. The third-order valence-corrected chi connectivity index (χ3v) is 5.86. The molecule has 104 valence electrons. The number of nitrogens with zero attached hydrogens (tertiary/aromatic N) is 1. The predicted octanol–water partition coefficient (Wildman–Crippen LogP) is 2.41. The fourth-order valence-electron chi connectivity index (χ4n) is 5.58. The molecule has 1 aromatic heterocycles. The van der Waals surface area contributed by atoms with Crippen LogP contribution in [0.15, 0.2) is 18.3 Å². The SMILES string of the molecule is NCC(O)c1cccn1C12CC3CC(CC(C3)C1)C2. The van der Waals surface area contributed by atoms with Gasteiger partial charge in [0.2, 0.25) is 0 Å². The molecule has 4 bridgehead atoms. The van der Waals surface area contributed by atoms with Gasteiger partial charge >= 0.3 is 0 Å². The lowest BCUT2D eigenvalue weighted by Crippen LogP contribution is -2.52. The molecule has 0 radical (unpaired) electrons. The average Bonchev–Trinajstić information content (AvgIpc) is 2.86. The van der Waals surface area contributed by atoms with Crippen molar-refractivity contribution in [3.63, 3.8) is 0 Å². The first-order chi connectivity index (χ1) is 9.20. The minimum atomic E-state index is -0.511. The van der Waals surface area contributed by atoms with E-state index < -0.39 is 6.10 Å².